The molecule has 0 spiro atoms. The van der Waals surface area contributed by atoms with Gasteiger partial charge in [0.05, 0.1) is 9.50 Å². The number of aromatic carboxylic acids is 1. The minimum absolute atomic E-state index is 0.0949. The quantitative estimate of drug-likeness (QED) is 0.908. The molecule has 0 fully saturated rings. The van der Waals surface area contributed by atoms with Crippen LogP contribution in [0.25, 0.3) is 0 Å². The average molecular weight is 347 g/mol. The molecular formula is C12H6BrClFNO3. The first-order valence-electron chi connectivity index (χ1n) is 4.99. The molecule has 4 nitrogen and oxygen atoms in total. The molecule has 0 aliphatic rings. The van der Waals surface area contributed by atoms with Crippen LogP contribution >= 0.6 is 27.5 Å². The van der Waals surface area contributed by atoms with E-state index in [1.165, 1.54) is 12.3 Å². The number of ether oxygens (including phenoxy) is 1. The number of aromatic nitrogens is 1. The summed E-state index contributed by atoms with van der Waals surface area (Å²) >= 11 is 8.90. The van der Waals surface area contributed by atoms with E-state index in [2.05, 4.69) is 20.9 Å². The topological polar surface area (TPSA) is 59.4 Å². The van der Waals surface area contributed by atoms with Gasteiger partial charge in [-0.05, 0) is 34.1 Å². The molecule has 0 amide bonds. The highest BCUT2D eigenvalue weighted by molar-refractivity contribution is 9.10. The summed E-state index contributed by atoms with van der Waals surface area (Å²) < 4.78 is 18.9. The molecule has 0 aliphatic carbocycles. The van der Waals surface area contributed by atoms with Gasteiger partial charge in [0, 0.05) is 12.3 Å². The molecule has 0 aliphatic heterocycles. The fourth-order valence-corrected chi connectivity index (χ4v) is 2.06. The second-order valence-corrected chi connectivity index (χ2v) is 4.78. The smallest absolute Gasteiger partial charge is 0.339 e. The molecule has 7 heteroatoms. The summed E-state index contributed by atoms with van der Waals surface area (Å²) in [5.74, 6) is -1.87. The molecule has 1 heterocycles. The lowest BCUT2D eigenvalue weighted by molar-refractivity contribution is 0.0694. The molecule has 98 valence electrons. The monoisotopic (exact) mass is 345 g/mol. The van der Waals surface area contributed by atoms with Crippen LogP contribution in [0.15, 0.2) is 34.9 Å². The van der Waals surface area contributed by atoms with Gasteiger partial charge in [-0.3, -0.25) is 0 Å². The van der Waals surface area contributed by atoms with Gasteiger partial charge >= 0.3 is 5.97 Å². The molecule has 1 N–H and O–H groups in total. The molecular weight excluding hydrogens is 340 g/mol. The molecule has 19 heavy (non-hydrogen) atoms. The van der Waals surface area contributed by atoms with Crippen molar-refractivity contribution in [3.63, 3.8) is 0 Å². The Hall–Kier alpha value is -1.66. The Bertz CT molecular complexity index is 651. The first-order valence-corrected chi connectivity index (χ1v) is 6.16. The predicted molar refractivity (Wildman–Crippen MR) is 70.4 cm³/mol. The number of rotatable bonds is 3. The van der Waals surface area contributed by atoms with E-state index in [0.29, 0.717) is 9.50 Å². The number of carbonyl (C=O) groups is 1. The lowest BCUT2D eigenvalue weighted by Crippen LogP contribution is -2.01. The number of hydrogen-bond donors (Lipinski definition) is 1. The Morgan fingerprint density at radius 1 is 1.42 bits per heavy atom. The zero-order valence-electron chi connectivity index (χ0n) is 9.23. The van der Waals surface area contributed by atoms with Gasteiger partial charge in [0.15, 0.2) is 0 Å². The lowest BCUT2D eigenvalue weighted by Gasteiger charge is -2.09. The molecule has 0 unspecified atom stereocenters. The van der Waals surface area contributed by atoms with Crippen LogP contribution in [0, 0.1) is 5.82 Å². The number of halogens is 3. The Morgan fingerprint density at radius 2 is 2.16 bits per heavy atom. The summed E-state index contributed by atoms with van der Waals surface area (Å²) in [6, 6.07) is 4.67. The number of nitrogens with zero attached hydrogens (tertiary/aromatic N) is 1. The Balaban J connectivity index is 2.42. The number of benzene rings is 1. The second kappa shape index (κ2) is 5.54. The molecule has 1 aromatic carbocycles. The Kier molecular flexibility index (Phi) is 4.01. The van der Waals surface area contributed by atoms with Gasteiger partial charge in [0.1, 0.15) is 17.1 Å². The number of carboxylic acid groups (broad SMARTS) is 1. The third-order valence-electron chi connectivity index (χ3n) is 2.15. The van der Waals surface area contributed by atoms with E-state index in [0.717, 1.165) is 18.2 Å². The van der Waals surface area contributed by atoms with Crippen LogP contribution in [-0.2, 0) is 0 Å². The van der Waals surface area contributed by atoms with Crippen LogP contribution in [-0.4, -0.2) is 16.1 Å². The molecule has 0 bridgehead atoms. The van der Waals surface area contributed by atoms with Crippen LogP contribution in [0.1, 0.15) is 10.4 Å². The predicted octanol–water partition coefficient (Wildman–Crippen LogP) is 4.13. The summed E-state index contributed by atoms with van der Waals surface area (Å²) in [6.45, 7) is 0. The summed E-state index contributed by atoms with van der Waals surface area (Å²) in [5, 5.41) is 9.38. The molecule has 0 radical (unpaired) electrons. The number of hydrogen-bond acceptors (Lipinski definition) is 3. The fourth-order valence-electron chi connectivity index (χ4n) is 1.34. The standard InChI is InChI=1S/C12H6BrClFNO3/c13-9-3-6(14)5-16-11(9)19-10-4-7(15)1-2-8(10)12(17)18/h1-5H,(H,17,18). The van der Waals surface area contributed by atoms with Crippen molar-refractivity contribution in [2.24, 2.45) is 0 Å². The zero-order valence-corrected chi connectivity index (χ0v) is 11.6. The van der Waals surface area contributed by atoms with Gasteiger partial charge < -0.3 is 9.84 Å². The normalized spacial score (nSPS) is 10.3. The van der Waals surface area contributed by atoms with E-state index in [-0.39, 0.29) is 17.2 Å². The maximum atomic E-state index is 13.2. The maximum absolute atomic E-state index is 13.2. The van der Waals surface area contributed by atoms with E-state index in [1.54, 1.807) is 0 Å². The van der Waals surface area contributed by atoms with E-state index in [1.807, 2.05) is 0 Å². The fraction of sp³-hybridized carbons (Fsp3) is 0. The minimum Gasteiger partial charge on any atom is -0.478 e. The van der Waals surface area contributed by atoms with Crippen molar-refractivity contribution in [3.8, 4) is 11.6 Å². The van der Waals surface area contributed by atoms with E-state index in [4.69, 9.17) is 21.4 Å². The number of carboxylic acids is 1. The van der Waals surface area contributed by atoms with Crippen molar-refractivity contribution in [2.75, 3.05) is 0 Å². The highest BCUT2D eigenvalue weighted by atomic mass is 79.9. The van der Waals surface area contributed by atoms with Crippen molar-refractivity contribution < 1.29 is 19.0 Å². The van der Waals surface area contributed by atoms with Gasteiger partial charge in [-0.2, -0.15) is 0 Å². The molecule has 1 aromatic heterocycles. The molecule has 0 atom stereocenters. The molecule has 0 saturated carbocycles. The van der Waals surface area contributed by atoms with Crippen LogP contribution < -0.4 is 4.74 Å². The van der Waals surface area contributed by atoms with E-state index < -0.39 is 11.8 Å². The van der Waals surface area contributed by atoms with Crippen molar-refractivity contribution in [2.45, 2.75) is 0 Å². The van der Waals surface area contributed by atoms with Gasteiger partial charge in [-0.1, -0.05) is 11.6 Å². The highest BCUT2D eigenvalue weighted by Gasteiger charge is 2.15. The Labute approximate surface area is 120 Å². The third-order valence-corrected chi connectivity index (χ3v) is 2.93. The highest BCUT2D eigenvalue weighted by Crippen LogP contribution is 2.31. The number of pyridine rings is 1. The lowest BCUT2D eigenvalue weighted by atomic mass is 10.2. The van der Waals surface area contributed by atoms with Crippen molar-refractivity contribution >= 4 is 33.5 Å². The van der Waals surface area contributed by atoms with Crippen molar-refractivity contribution in [1.29, 1.82) is 0 Å². The molecule has 2 rings (SSSR count). The summed E-state index contributed by atoms with van der Waals surface area (Å²) in [7, 11) is 0. The minimum atomic E-state index is -1.22. The molecule has 0 saturated heterocycles. The zero-order chi connectivity index (χ0) is 14.0. The van der Waals surface area contributed by atoms with Crippen LogP contribution in [0.3, 0.4) is 0 Å². The largest absolute Gasteiger partial charge is 0.478 e. The van der Waals surface area contributed by atoms with Gasteiger partial charge in [-0.15, -0.1) is 0 Å². The maximum Gasteiger partial charge on any atom is 0.339 e. The first-order chi connectivity index (χ1) is 8.97. The van der Waals surface area contributed by atoms with Gasteiger partial charge in [-0.25, -0.2) is 14.2 Å². The van der Waals surface area contributed by atoms with Gasteiger partial charge in [0.25, 0.3) is 0 Å². The second-order valence-electron chi connectivity index (χ2n) is 3.49. The van der Waals surface area contributed by atoms with Gasteiger partial charge in [0.2, 0.25) is 5.88 Å². The first kappa shape index (κ1) is 13.8. The summed E-state index contributed by atoms with van der Waals surface area (Å²) in [4.78, 5) is 14.9. The van der Waals surface area contributed by atoms with Crippen molar-refractivity contribution in [3.05, 3.63) is 51.3 Å². The summed E-state index contributed by atoms with van der Waals surface area (Å²) in [5.41, 5.74) is -0.162. The SMILES string of the molecule is O=C(O)c1ccc(F)cc1Oc1ncc(Cl)cc1Br. The summed E-state index contributed by atoms with van der Waals surface area (Å²) in [6.07, 6.45) is 1.33. The average Bonchev–Trinajstić information content (AvgIpc) is 2.32. The van der Waals surface area contributed by atoms with Crippen LogP contribution in [0.5, 0.6) is 11.6 Å². The van der Waals surface area contributed by atoms with E-state index >= 15 is 0 Å². The molecule has 2 aromatic rings. The van der Waals surface area contributed by atoms with E-state index in [9.17, 15) is 9.18 Å². The van der Waals surface area contributed by atoms with Crippen LogP contribution in [0.4, 0.5) is 4.39 Å². The van der Waals surface area contributed by atoms with Crippen LogP contribution in [0.2, 0.25) is 5.02 Å². The van der Waals surface area contributed by atoms with Crippen molar-refractivity contribution in [1.82, 2.24) is 4.98 Å². The third kappa shape index (κ3) is 3.21. The Morgan fingerprint density at radius 3 is 2.79 bits per heavy atom.